The number of nitrogens with zero attached hydrogens (tertiary/aromatic N) is 3. The summed E-state index contributed by atoms with van der Waals surface area (Å²) in [5.41, 5.74) is 0.441. The van der Waals surface area contributed by atoms with Crippen molar-refractivity contribution in [2.75, 3.05) is 12.4 Å². The SMILES string of the molecule is CNc1nc(-c2ccc(F)c(F)c2)nn1C. The van der Waals surface area contributed by atoms with Crippen molar-refractivity contribution in [2.45, 2.75) is 0 Å². The topological polar surface area (TPSA) is 42.7 Å². The first kappa shape index (κ1) is 10.5. The van der Waals surface area contributed by atoms with E-state index in [1.807, 2.05) is 0 Å². The number of benzene rings is 1. The lowest BCUT2D eigenvalue weighted by molar-refractivity contribution is 0.509. The van der Waals surface area contributed by atoms with Crippen molar-refractivity contribution in [3.63, 3.8) is 0 Å². The molecule has 1 aromatic carbocycles. The lowest BCUT2D eigenvalue weighted by atomic mass is 10.2. The summed E-state index contributed by atoms with van der Waals surface area (Å²) in [5, 5.41) is 6.91. The predicted octanol–water partition coefficient (Wildman–Crippen LogP) is 1.80. The van der Waals surface area contributed by atoms with Crippen molar-refractivity contribution in [3.8, 4) is 11.4 Å². The van der Waals surface area contributed by atoms with Crippen LogP contribution in [0, 0.1) is 11.6 Å². The van der Waals surface area contributed by atoms with Gasteiger partial charge in [0.2, 0.25) is 5.95 Å². The van der Waals surface area contributed by atoms with Crippen molar-refractivity contribution in [1.82, 2.24) is 14.8 Å². The van der Waals surface area contributed by atoms with Crippen molar-refractivity contribution in [2.24, 2.45) is 7.05 Å². The molecule has 1 N–H and O–H groups in total. The summed E-state index contributed by atoms with van der Waals surface area (Å²) in [6.07, 6.45) is 0. The Labute approximate surface area is 90.9 Å². The van der Waals surface area contributed by atoms with E-state index >= 15 is 0 Å². The van der Waals surface area contributed by atoms with Crippen molar-refractivity contribution in [3.05, 3.63) is 29.8 Å². The third-order valence-electron chi connectivity index (χ3n) is 2.16. The van der Waals surface area contributed by atoms with Crippen molar-refractivity contribution >= 4 is 5.95 Å². The molecule has 0 radical (unpaired) electrons. The highest BCUT2D eigenvalue weighted by molar-refractivity contribution is 5.56. The second-order valence-electron chi connectivity index (χ2n) is 3.26. The molecule has 0 aliphatic heterocycles. The molecule has 0 spiro atoms. The van der Waals surface area contributed by atoms with Gasteiger partial charge in [0, 0.05) is 19.7 Å². The molecule has 0 atom stereocenters. The summed E-state index contributed by atoms with van der Waals surface area (Å²) >= 11 is 0. The molecule has 1 heterocycles. The molecule has 0 unspecified atom stereocenters. The van der Waals surface area contributed by atoms with Crippen LogP contribution in [0.4, 0.5) is 14.7 Å². The molecule has 0 bridgehead atoms. The Balaban J connectivity index is 2.46. The van der Waals surface area contributed by atoms with Crippen LogP contribution >= 0.6 is 0 Å². The smallest absolute Gasteiger partial charge is 0.221 e. The summed E-state index contributed by atoms with van der Waals surface area (Å²) in [6, 6.07) is 3.57. The van der Waals surface area contributed by atoms with Gasteiger partial charge in [-0.3, -0.25) is 0 Å². The number of anilines is 1. The number of aryl methyl sites for hydroxylation is 1. The second-order valence-corrected chi connectivity index (χ2v) is 3.26. The van der Waals surface area contributed by atoms with Gasteiger partial charge in [-0.15, -0.1) is 5.10 Å². The summed E-state index contributed by atoms with van der Waals surface area (Å²) in [4.78, 5) is 4.12. The zero-order valence-electron chi connectivity index (χ0n) is 8.83. The number of nitrogens with one attached hydrogen (secondary N) is 1. The first-order valence-corrected chi connectivity index (χ1v) is 4.66. The van der Waals surface area contributed by atoms with Gasteiger partial charge in [0.15, 0.2) is 17.5 Å². The fourth-order valence-electron chi connectivity index (χ4n) is 1.36. The molecular weight excluding hydrogens is 214 g/mol. The summed E-state index contributed by atoms with van der Waals surface area (Å²) in [5.74, 6) is -0.880. The summed E-state index contributed by atoms with van der Waals surface area (Å²) < 4.78 is 27.3. The number of halogens is 2. The largest absolute Gasteiger partial charge is 0.357 e. The van der Waals surface area contributed by atoms with Gasteiger partial charge in [0.1, 0.15) is 0 Å². The first-order chi connectivity index (χ1) is 7.61. The highest BCUT2D eigenvalue weighted by atomic mass is 19.2. The standard InChI is InChI=1S/C10H10F2N4/c1-13-10-14-9(15-16(10)2)6-3-4-7(11)8(12)5-6/h3-5H,1-2H3,(H,13,14,15). The van der Waals surface area contributed by atoms with E-state index < -0.39 is 11.6 Å². The Kier molecular flexibility index (Phi) is 2.55. The molecule has 0 saturated heterocycles. The van der Waals surface area contributed by atoms with Crippen LogP contribution in [0.3, 0.4) is 0 Å². The number of hydrogen-bond acceptors (Lipinski definition) is 3. The highest BCUT2D eigenvalue weighted by Crippen LogP contribution is 2.19. The molecular formula is C10H10F2N4. The van der Waals surface area contributed by atoms with Gasteiger partial charge in [-0.05, 0) is 18.2 Å². The Hall–Kier alpha value is -1.98. The second kappa shape index (κ2) is 3.88. The molecule has 0 fully saturated rings. The van der Waals surface area contributed by atoms with Crippen LogP contribution in [-0.4, -0.2) is 21.8 Å². The summed E-state index contributed by atoms with van der Waals surface area (Å²) in [6.45, 7) is 0. The van der Waals surface area contributed by atoms with Crippen LogP contribution in [-0.2, 0) is 7.05 Å². The van der Waals surface area contributed by atoms with E-state index in [2.05, 4.69) is 15.4 Å². The maximum absolute atomic E-state index is 13.0. The lowest BCUT2D eigenvalue weighted by Gasteiger charge is -1.96. The average Bonchev–Trinajstić information content (AvgIpc) is 2.64. The van der Waals surface area contributed by atoms with E-state index in [4.69, 9.17) is 0 Å². The minimum Gasteiger partial charge on any atom is -0.357 e. The van der Waals surface area contributed by atoms with E-state index in [0.717, 1.165) is 12.1 Å². The van der Waals surface area contributed by atoms with E-state index in [0.29, 0.717) is 17.3 Å². The van der Waals surface area contributed by atoms with Crippen molar-refractivity contribution in [1.29, 1.82) is 0 Å². The average molecular weight is 224 g/mol. The van der Waals surface area contributed by atoms with Gasteiger partial charge >= 0.3 is 0 Å². The third-order valence-corrected chi connectivity index (χ3v) is 2.16. The minimum atomic E-state index is -0.907. The quantitative estimate of drug-likeness (QED) is 0.845. The Bertz CT molecular complexity index is 522. The molecule has 0 amide bonds. The van der Waals surface area contributed by atoms with Gasteiger partial charge in [-0.25, -0.2) is 13.5 Å². The van der Waals surface area contributed by atoms with E-state index in [-0.39, 0.29) is 0 Å². The van der Waals surface area contributed by atoms with Crippen LogP contribution in [0.5, 0.6) is 0 Å². The third kappa shape index (κ3) is 1.73. The van der Waals surface area contributed by atoms with Gasteiger partial charge < -0.3 is 5.32 Å². The Morgan fingerprint density at radius 3 is 2.56 bits per heavy atom. The highest BCUT2D eigenvalue weighted by Gasteiger charge is 2.10. The van der Waals surface area contributed by atoms with Crippen LogP contribution in [0.15, 0.2) is 18.2 Å². The fraction of sp³-hybridized carbons (Fsp3) is 0.200. The molecule has 0 saturated carbocycles. The van der Waals surface area contributed by atoms with Crippen LogP contribution in [0.2, 0.25) is 0 Å². The number of aromatic nitrogens is 3. The molecule has 16 heavy (non-hydrogen) atoms. The maximum atomic E-state index is 13.0. The number of hydrogen-bond donors (Lipinski definition) is 1. The molecule has 84 valence electrons. The molecule has 1 aromatic heterocycles. The zero-order chi connectivity index (χ0) is 11.7. The predicted molar refractivity (Wildman–Crippen MR) is 55.9 cm³/mol. The monoisotopic (exact) mass is 224 g/mol. The lowest BCUT2D eigenvalue weighted by Crippen LogP contribution is -1.98. The van der Waals surface area contributed by atoms with Crippen LogP contribution in [0.25, 0.3) is 11.4 Å². The molecule has 2 aromatic rings. The van der Waals surface area contributed by atoms with Crippen LogP contribution in [0.1, 0.15) is 0 Å². The number of rotatable bonds is 2. The first-order valence-electron chi connectivity index (χ1n) is 4.66. The molecule has 2 rings (SSSR count). The van der Waals surface area contributed by atoms with Gasteiger partial charge in [-0.1, -0.05) is 0 Å². The van der Waals surface area contributed by atoms with Crippen LogP contribution < -0.4 is 5.32 Å². The molecule has 4 nitrogen and oxygen atoms in total. The summed E-state index contributed by atoms with van der Waals surface area (Å²) in [7, 11) is 3.42. The van der Waals surface area contributed by atoms with Gasteiger partial charge in [0.05, 0.1) is 0 Å². The Morgan fingerprint density at radius 2 is 2.00 bits per heavy atom. The normalized spacial score (nSPS) is 10.5. The molecule has 0 aliphatic rings. The molecule has 6 heteroatoms. The Morgan fingerprint density at radius 1 is 1.25 bits per heavy atom. The van der Waals surface area contributed by atoms with Gasteiger partial charge in [0.25, 0.3) is 0 Å². The minimum absolute atomic E-state index is 0.353. The van der Waals surface area contributed by atoms with E-state index in [1.165, 1.54) is 10.7 Å². The fourth-order valence-corrected chi connectivity index (χ4v) is 1.36. The zero-order valence-corrected chi connectivity index (χ0v) is 8.83. The van der Waals surface area contributed by atoms with Crippen molar-refractivity contribution < 1.29 is 8.78 Å². The molecule has 0 aliphatic carbocycles. The van der Waals surface area contributed by atoms with E-state index in [1.54, 1.807) is 14.1 Å². The van der Waals surface area contributed by atoms with E-state index in [9.17, 15) is 8.78 Å². The van der Waals surface area contributed by atoms with Gasteiger partial charge in [-0.2, -0.15) is 4.98 Å². The maximum Gasteiger partial charge on any atom is 0.221 e.